The Hall–Kier alpha value is -2.63. The van der Waals surface area contributed by atoms with Crippen LogP contribution in [0.25, 0.3) is 11.0 Å². The standard InChI is InChI=1S/C16H18N4O2/c1-10-15(11(2)22-19-10)16(21)17-9-8-14-18-12-6-4-5-7-13(12)20(14)3/h4-7H,8-9H2,1-3H3,(H,17,21). The highest BCUT2D eigenvalue weighted by Gasteiger charge is 2.17. The predicted molar refractivity (Wildman–Crippen MR) is 82.7 cm³/mol. The van der Waals surface area contributed by atoms with Crippen molar-refractivity contribution in [2.24, 2.45) is 7.05 Å². The molecule has 3 rings (SSSR count). The van der Waals surface area contributed by atoms with Crippen LogP contribution in [0.4, 0.5) is 0 Å². The molecule has 0 unspecified atom stereocenters. The first-order chi connectivity index (χ1) is 10.6. The summed E-state index contributed by atoms with van der Waals surface area (Å²) in [6.45, 7) is 4.01. The van der Waals surface area contributed by atoms with Gasteiger partial charge in [-0.3, -0.25) is 4.79 Å². The SMILES string of the molecule is Cc1noc(C)c1C(=O)NCCc1nc2ccccc2n1C. The van der Waals surface area contributed by atoms with E-state index in [-0.39, 0.29) is 5.91 Å². The van der Waals surface area contributed by atoms with Crippen molar-refractivity contribution in [1.29, 1.82) is 0 Å². The highest BCUT2D eigenvalue weighted by Crippen LogP contribution is 2.15. The molecule has 22 heavy (non-hydrogen) atoms. The van der Waals surface area contributed by atoms with Crippen LogP contribution in [0, 0.1) is 13.8 Å². The second-order valence-electron chi connectivity index (χ2n) is 5.28. The zero-order valence-corrected chi connectivity index (χ0v) is 12.9. The largest absolute Gasteiger partial charge is 0.361 e. The van der Waals surface area contributed by atoms with Gasteiger partial charge in [-0.1, -0.05) is 17.3 Å². The van der Waals surface area contributed by atoms with E-state index in [1.54, 1.807) is 13.8 Å². The molecule has 0 aliphatic heterocycles. The summed E-state index contributed by atoms with van der Waals surface area (Å²) < 4.78 is 7.07. The van der Waals surface area contributed by atoms with E-state index in [1.165, 1.54) is 0 Å². The molecule has 0 spiro atoms. The van der Waals surface area contributed by atoms with Crippen molar-refractivity contribution < 1.29 is 9.32 Å². The van der Waals surface area contributed by atoms with Gasteiger partial charge in [0.15, 0.2) is 0 Å². The van der Waals surface area contributed by atoms with Crippen LogP contribution in [0.3, 0.4) is 0 Å². The summed E-state index contributed by atoms with van der Waals surface area (Å²) in [5, 5.41) is 6.69. The molecule has 0 aliphatic carbocycles. The summed E-state index contributed by atoms with van der Waals surface area (Å²) in [5.41, 5.74) is 3.19. The quantitative estimate of drug-likeness (QED) is 0.801. The molecule has 6 heteroatoms. The Morgan fingerprint density at radius 3 is 2.77 bits per heavy atom. The smallest absolute Gasteiger partial charge is 0.256 e. The maximum absolute atomic E-state index is 12.2. The molecule has 0 radical (unpaired) electrons. The van der Waals surface area contributed by atoms with Crippen LogP contribution in [-0.4, -0.2) is 27.2 Å². The van der Waals surface area contributed by atoms with Crippen LogP contribution >= 0.6 is 0 Å². The first kappa shape index (κ1) is 14.3. The van der Waals surface area contributed by atoms with Gasteiger partial charge in [0, 0.05) is 20.0 Å². The number of carbonyl (C=O) groups is 1. The number of aromatic nitrogens is 3. The third kappa shape index (κ3) is 2.47. The number of carbonyl (C=O) groups excluding carboxylic acids is 1. The number of hydrogen-bond donors (Lipinski definition) is 1. The molecule has 2 heterocycles. The van der Waals surface area contributed by atoms with Gasteiger partial charge in [-0.15, -0.1) is 0 Å². The van der Waals surface area contributed by atoms with Gasteiger partial charge in [0.1, 0.15) is 17.1 Å². The van der Waals surface area contributed by atoms with Crippen molar-refractivity contribution in [3.63, 3.8) is 0 Å². The van der Waals surface area contributed by atoms with Crippen LogP contribution in [0.15, 0.2) is 28.8 Å². The lowest BCUT2D eigenvalue weighted by atomic mass is 10.2. The highest BCUT2D eigenvalue weighted by atomic mass is 16.5. The molecule has 0 saturated heterocycles. The molecule has 114 valence electrons. The summed E-state index contributed by atoms with van der Waals surface area (Å²) in [6.07, 6.45) is 0.667. The number of para-hydroxylation sites is 2. The number of imidazole rings is 1. The lowest BCUT2D eigenvalue weighted by molar-refractivity contribution is 0.0952. The van der Waals surface area contributed by atoms with Gasteiger partial charge in [0.25, 0.3) is 5.91 Å². The summed E-state index contributed by atoms with van der Waals surface area (Å²) in [6, 6.07) is 7.99. The number of fused-ring (bicyclic) bond motifs is 1. The van der Waals surface area contributed by atoms with E-state index in [0.717, 1.165) is 16.9 Å². The third-order valence-corrected chi connectivity index (χ3v) is 3.77. The Balaban J connectivity index is 1.67. The van der Waals surface area contributed by atoms with E-state index in [4.69, 9.17) is 4.52 Å². The first-order valence-electron chi connectivity index (χ1n) is 7.19. The Morgan fingerprint density at radius 2 is 2.09 bits per heavy atom. The molecule has 1 aromatic carbocycles. The van der Waals surface area contributed by atoms with Crippen molar-refractivity contribution in [1.82, 2.24) is 20.0 Å². The second kappa shape index (κ2) is 5.63. The van der Waals surface area contributed by atoms with Crippen LogP contribution < -0.4 is 5.32 Å². The van der Waals surface area contributed by atoms with Crippen LogP contribution in [0.1, 0.15) is 27.6 Å². The molecular formula is C16H18N4O2. The van der Waals surface area contributed by atoms with Crippen LogP contribution in [0.2, 0.25) is 0 Å². The van der Waals surface area contributed by atoms with Crippen molar-refractivity contribution in [2.75, 3.05) is 6.54 Å². The maximum atomic E-state index is 12.2. The molecular weight excluding hydrogens is 280 g/mol. The number of aryl methyl sites for hydroxylation is 3. The van der Waals surface area contributed by atoms with E-state index in [9.17, 15) is 4.79 Å². The maximum Gasteiger partial charge on any atom is 0.256 e. The van der Waals surface area contributed by atoms with Crippen molar-refractivity contribution in [3.8, 4) is 0 Å². The minimum absolute atomic E-state index is 0.157. The highest BCUT2D eigenvalue weighted by molar-refractivity contribution is 5.96. The number of hydrogen-bond acceptors (Lipinski definition) is 4. The number of benzene rings is 1. The molecule has 3 aromatic rings. The molecule has 2 aromatic heterocycles. The molecule has 0 saturated carbocycles. The number of rotatable bonds is 4. The Kier molecular flexibility index (Phi) is 3.66. The molecule has 0 aliphatic rings. The fourth-order valence-corrected chi connectivity index (χ4v) is 2.60. The molecule has 0 fully saturated rings. The van der Waals surface area contributed by atoms with Crippen molar-refractivity contribution >= 4 is 16.9 Å². The van der Waals surface area contributed by atoms with Gasteiger partial charge in [0.05, 0.1) is 16.7 Å². The molecule has 1 amide bonds. The number of nitrogens with zero attached hydrogens (tertiary/aromatic N) is 3. The topological polar surface area (TPSA) is 73.0 Å². The first-order valence-corrected chi connectivity index (χ1v) is 7.19. The van der Waals surface area contributed by atoms with Crippen molar-refractivity contribution in [2.45, 2.75) is 20.3 Å². The lowest BCUT2D eigenvalue weighted by Crippen LogP contribution is -2.27. The zero-order valence-electron chi connectivity index (χ0n) is 12.9. The molecule has 6 nitrogen and oxygen atoms in total. The normalized spacial score (nSPS) is 11.0. The van der Waals surface area contributed by atoms with Gasteiger partial charge < -0.3 is 14.4 Å². The minimum Gasteiger partial charge on any atom is -0.361 e. The minimum atomic E-state index is -0.157. The van der Waals surface area contributed by atoms with E-state index in [1.807, 2.05) is 31.3 Å². The predicted octanol–water partition coefficient (Wildman–Crippen LogP) is 2.15. The average molecular weight is 298 g/mol. The van der Waals surface area contributed by atoms with Gasteiger partial charge in [-0.2, -0.15) is 0 Å². The zero-order chi connectivity index (χ0) is 15.7. The fourth-order valence-electron chi connectivity index (χ4n) is 2.60. The monoisotopic (exact) mass is 298 g/mol. The summed E-state index contributed by atoms with van der Waals surface area (Å²) in [4.78, 5) is 16.7. The summed E-state index contributed by atoms with van der Waals surface area (Å²) >= 11 is 0. The van der Waals surface area contributed by atoms with Crippen LogP contribution in [-0.2, 0) is 13.5 Å². The average Bonchev–Trinajstić information content (AvgIpc) is 3.00. The summed E-state index contributed by atoms with van der Waals surface area (Å²) in [7, 11) is 1.99. The lowest BCUT2D eigenvalue weighted by Gasteiger charge is -2.05. The van der Waals surface area contributed by atoms with Gasteiger partial charge in [-0.05, 0) is 26.0 Å². The van der Waals surface area contributed by atoms with E-state index in [2.05, 4.69) is 20.0 Å². The third-order valence-electron chi connectivity index (χ3n) is 3.77. The van der Waals surface area contributed by atoms with Gasteiger partial charge >= 0.3 is 0 Å². The Bertz CT molecular complexity index is 812. The van der Waals surface area contributed by atoms with E-state index < -0.39 is 0 Å². The fraction of sp³-hybridized carbons (Fsp3) is 0.312. The van der Waals surface area contributed by atoms with Gasteiger partial charge in [-0.25, -0.2) is 4.98 Å². The molecule has 0 bridgehead atoms. The number of nitrogens with one attached hydrogen (secondary N) is 1. The molecule has 0 atom stereocenters. The second-order valence-corrected chi connectivity index (χ2v) is 5.28. The van der Waals surface area contributed by atoms with Crippen molar-refractivity contribution in [3.05, 3.63) is 47.1 Å². The van der Waals surface area contributed by atoms with E-state index in [0.29, 0.717) is 30.0 Å². The summed E-state index contributed by atoms with van der Waals surface area (Å²) in [5.74, 6) is 1.33. The van der Waals surface area contributed by atoms with Gasteiger partial charge in [0.2, 0.25) is 0 Å². The molecule has 1 N–H and O–H groups in total. The Morgan fingerprint density at radius 1 is 1.32 bits per heavy atom. The van der Waals surface area contributed by atoms with Crippen LogP contribution in [0.5, 0.6) is 0 Å². The number of amides is 1. The van der Waals surface area contributed by atoms with E-state index >= 15 is 0 Å². The Labute approximate surface area is 128 Å².